The molecular formula is C22H25NO3S2. The Balaban J connectivity index is 1.79. The van der Waals surface area contributed by atoms with Crippen molar-refractivity contribution in [2.45, 2.75) is 37.5 Å². The Morgan fingerprint density at radius 3 is 2.43 bits per heavy atom. The first-order chi connectivity index (χ1) is 13.6. The van der Waals surface area contributed by atoms with Crippen LogP contribution in [0.25, 0.3) is 0 Å². The first kappa shape index (κ1) is 22.2. The average Bonchev–Trinajstić information content (AvgIpc) is 2.72. The van der Waals surface area contributed by atoms with Crippen LogP contribution in [0.2, 0.25) is 0 Å². The third kappa shape index (κ3) is 7.90. The first-order valence-corrected chi connectivity index (χ1v) is 11.2. The van der Waals surface area contributed by atoms with Crippen LogP contribution in [0.15, 0.2) is 59.5 Å². The van der Waals surface area contributed by atoms with E-state index in [1.54, 1.807) is 24.3 Å². The largest absolute Gasteiger partial charge is 0.352 e. The molecule has 4 nitrogen and oxygen atoms in total. The number of carbonyl (C=O) groups excluding carboxylic acids is 3. The summed E-state index contributed by atoms with van der Waals surface area (Å²) in [6, 6.07) is 16.2. The van der Waals surface area contributed by atoms with E-state index >= 15 is 0 Å². The fourth-order valence-corrected chi connectivity index (χ4v) is 4.10. The molecule has 0 aliphatic carbocycles. The predicted octanol–water partition coefficient (Wildman–Crippen LogP) is 5.19. The number of amides is 1. The van der Waals surface area contributed by atoms with Gasteiger partial charge in [0.15, 0.2) is 5.12 Å². The third-order valence-electron chi connectivity index (χ3n) is 3.94. The summed E-state index contributed by atoms with van der Waals surface area (Å²) in [7, 11) is 0. The standard InChI is InChI=1S/C22H25NO3S2/c1-2-3-7-14-23-21(25)17-9-8-10-18(16-17)22(26)27-15-13-20(24)28-19-11-5-4-6-12-19/h4-6,8-12,16H,2-3,7,13-15H2,1H3,(H,23,25). The summed E-state index contributed by atoms with van der Waals surface area (Å²) in [6.45, 7) is 2.75. The summed E-state index contributed by atoms with van der Waals surface area (Å²) in [4.78, 5) is 37.5. The Hall–Kier alpha value is -2.05. The molecule has 2 aromatic carbocycles. The number of rotatable bonds is 10. The van der Waals surface area contributed by atoms with E-state index in [9.17, 15) is 14.4 Å². The van der Waals surface area contributed by atoms with Crippen LogP contribution in [-0.2, 0) is 4.79 Å². The summed E-state index contributed by atoms with van der Waals surface area (Å²) in [5.74, 6) is 0.260. The van der Waals surface area contributed by atoms with Crippen LogP contribution in [0.4, 0.5) is 0 Å². The van der Waals surface area contributed by atoms with Crippen molar-refractivity contribution in [1.29, 1.82) is 0 Å². The van der Waals surface area contributed by atoms with Gasteiger partial charge in [0.1, 0.15) is 0 Å². The van der Waals surface area contributed by atoms with Gasteiger partial charge in [-0.05, 0) is 30.7 Å². The lowest BCUT2D eigenvalue weighted by molar-refractivity contribution is -0.110. The molecule has 0 aliphatic heterocycles. The van der Waals surface area contributed by atoms with Crippen molar-refractivity contribution in [2.24, 2.45) is 0 Å². The third-order valence-corrected chi connectivity index (χ3v) is 5.79. The maximum atomic E-state index is 12.4. The van der Waals surface area contributed by atoms with Gasteiger partial charge in [0.25, 0.3) is 5.91 Å². The van der Waals surface area contributed by atoms with E-state index in [2.05, 4.69) is 12.2 Å². The average molecular weight is 416 g/mol. The number of hydrogen-bond acceptors (Lipinski definition) is 5. The molecule has 0 fully saturated rings. The molecule has 0 saturated heterocycles. The van der Waals surface area contributed by atoms with E-state index in [1.807, 2.05) is 30.3 Å². The Kier molecular flexibility index (Phi) is 9.86. The number of nitrogens with one attached hydrogen (secondary N) is 1. The molecule has 148 valence electrons. The Labute approximate surface area is 174 Å². The lowest BCUT2D eigenvalue weighted by atomic mass is 10.1. The lowest BCUT2D eigenvalue weighted by Crippen LogP contribution is -2.24. The highest BCUT2D eigenvalue weighted by atomic mass is 32.2. The van der Waals surface area contributed by atoms with Crippen molar-refractivity contribution < 1.29 is 14.4 Å². The molecule has 0 spiro atoms. The zero-order valence-electron chi connectivity index (χ0n) is 16.0. The minimum atomic E-state index is -0.162. The van der Waals surface area contributed by atoms with Gasteiger partial charge < -0.3 is 5.32 Å². The lowest BCUT2D eigenvalue weighted by Gasteiger charge is -2.06. The molecule has 0 atom stereocenters. The SMILES string of the molecule is CCCCCNC(=O)c1cccc(C(=O)SCCC(=O)Sc2ccccc2)c1. The molecule has 2 aromatic rings. The molecule has 0 bridgehead atoms. The molecule has 0 saturated carbocycles. The normalized spacial score (nSPS) is 10.5. The zero-order chi connectivity index (χ0) is 20.2. The van der Waals surface area contributed by atoms with Gasteiger partial charge in [0.2, 0.25) is 5.12 Å². The fourth-order valence-electron chi connectivity index (χ4n) is 2.45. The smallest absolute Gasteiger partial charge is 0.251 e. The molecule has 0 unspecified atom stereocenters. The zero-order valence-corrected chi connectivity index (χ0v) is 17.6. The molecule has 2 rings (SSSR count). The van der Waals surface area contributed by atoms with Crippen LogP contribution in [0.1, 0.15) is 53.3 Å². The number of carbonyl (C=O) groups is 3. The molecule has 0 radical (unpaired) electrons. The fraction of sp³-hybridized carbons (Fsp3) is 0.318. The van der Waals surface area contributed by atoms with Crippen molar-refractivity contribution in [2.75, 3.05) is 12.3 Å². The highest BCUT2D eigenvalue weighted by Crippen LogP contribution is 2.22. The molecule has 28 heavy (non-hydrogen) atoms. The monoisotopic (exact) mass is 415 g/mol. The minimum absolute atomic E-state index is 0.0340. The molecule has 0 aromatic heterocycles. The van der Waals surface area contributed by atoms with Crippen molar-refractivity contribution >= 4 is 39.7 Å². The molecule has 1 amide bonds. The van der Waals surface area contributed by atoms with Crippen LogP contribution < -0.4 is 5.32 Å². The van der Waals surface area contributed by atoms with Gasteiger partial charge in [-0.25, -0.2) is 0 Å². The van der Waals surface area contributed by atoms with Gasteiger partial charge in [0, 0.05) is 34.7 Å². The van der Waals surface area contributed by atoms with Crippen molar-refractivity contribution in [3.63, 3.8) is 0 Å². The molecular weight excluding hydrogens is 390 g/mol. The van der Waals surface area contributed by atoms with E-state index in [1.165, 1.54) is 11.8 Å². The topological polar surface area (TPSA) is 63.2 Å². The van der Waals surface area contributed by atoms with Gasteiger partial charge in [-0.3, -0.25) is 14.4 Å². The van der Waals surface area contributed by atoms with Crippen LogP contribution in [-0.4, -0.2) is 28.4 Å². The second kappa shape index (κ2) is 12.4. The number of thioether (sulfide) groups is 2. The van der Waals surface area contributed by atoms with Gasteiger partial charge in [-0.15, -0.1) is 0 Å². The minimum Gasteiger partial charge on any atom is -0.352 e. The molecule has 0 aliphatic rings. The highest BCUT2D eigenvalue weighted by molar-refractivity contribution is 8.15. The van der Waals surface area contributed by atoms with Crippen LogP contribution in [0, 0.1) is 0 Å². The number of unbranched alkanes of at least 4 members (excludes halogenated alkanes) is 2. The first-order valence-electron chi connectivity index (χ1n) is 9.41. The summed E-state index contributed by atoms with van der Waals surface area (Å²) >= 11 is 2.30. The second-order valence-corrected chi connectivity index (χ2v) is 8.42. The van der Waals surface area contributed by atoms with Gasteiger partial charge in [-0.1, -0.05) is 73.6 Å². The summed E-state index contributed by atoms with van der Waals surface area (Å²) in [6.07, 6.45) is 3.44. The summed E-state index contributed by atoms with van der Waals surface area (Å²) < 4.78 is 0. The maximum absolute atomic E-state index is 12.4. The van der Waals surface area contributed by atoms with Crippen molar-refractivity contribution in [1.82, 2.24) is 5.32 Å². The van der Waals surface area contributed by atoms with Gasteiger partial charge in [0.05, 0.1) is 0 Å². The Morgan fingerprint density at radius 1 is 0.929 bits per heavy atom. The van der Waals surface area contributed by atoms with E-state index in [0.29, 0.717) is 29.8 Å². The molecule has 0 heterocycles. The van der Waals surface area contributed by atoms with Crippen LogP contribution in [0.5, 0.6) is 0 Å². The van der Waals surface area contributed by atoms with E-state index < -0.39 is 0 Å². The van der Waals surface area contributed by atoms with Gasteiger partial charge >= 0.3 is 0 Å². The maximum Gasteiger partial charge on any atom is 0.251 e. The van der Waals surface area contributed by atoms with E-state index in [4.69, 9.17) is 0 Å². The summed E-state index contributed by atoms with van der Waals surface area (Å²) in [5.41, 5.74) is 0.966. The van der Waals surface area contributed by atoms with Crippen molar-refractivity contribution in [3.05, 3.63) is 65.7 Å². The Bertz CT molecular complexity index is 793. The number of hydrogen-bond donors (Lipinski definition) is 1. The molecule has 1 N–H and O–H groups in total. The van der Waals surface area contributed by atoms with Crippen LogP contribution >= 0.6 is 23.5 Å². The highest BCUT2D eigenvalue weighted by Gasteiger charge is 2.12. The quantitative estimate of drug-likeness (QED) is 0.427. The van der Waals surface area contributed by atoms with E-state index in [-0.39, 0.29) is 16.1 Å². The van der Waals surface area contributed by atoms with Crippen molar-refractivity contribution in [3.8, 4) is 0 Å². The second-order valence-electron chi connectivity index (χ2n) is 6.22. The van der Waals surface area contributed by atoms with Gasteiger partial charge in [-0.2, -0.15) is 0 Å². The number of benzene rings is 2. The molecule has 6 heteroatoms. The van der Waals surface area contributed by atoms with Crippen LogP contribution in [0.3, 0.4) is 0 Å². The Morgan fingerprint density at radius 2 is 1.68 bits per heavy atom. The summed E-state index contributed by atoms with van der Waals surface area (Å²) in [5, 5.41) is 2.78. The predicted molar refractivity (Wildman–Crippen MR) is 117 cm³/mol. The van der Waals surface area contributed by atoms with E-state index in [0.717, 1.165) is 35.9 Å².